The van der Waals surface area contributed by atoms with Crippen LogP contribution in [0.2, 0.25) is 0 Å². The molecule has 0 radical (unpaired) electrons. The van der Waals surface area contributed by atoms with Gasteiger partial charge in [0, 0.05) is 42.5 Å². The van der Waals surface area contributed by atoms with Crippen molar-refractivity contribution < 1.29 is 17.9 Å². The summed E-state index contributed by atoms with van der Waals surface area (Å²) < 4.78 is 34.1. The van der Waals surface area contributed by atoms with Crippen LogP contribution in [-0.4, -0.2) is 41.1 Å². The van der Waals surface area contributed by atoms with E-state index in [0.29, 0.717) is 35.1 Å². The van der Waals surface area contributed by atoms with Crippen molar-refractivity contribution >= 4 is 38.8 Å². The third-order valence-corrected chi connectivity index (χ3v) is 8.46. The lowest BCUT2D eigenvalue weighted by molar-refractivity contribution is 0.177. The van der Waals surface area contributed by atoms with E-state index < -0.39 is 16.1 Å². The van der Waals surface area contributed by atoms with Crippen LogP contribution in [0.5, 0.6) is 0 Å². The quantitative estimate of drug-likeness (QED) is 0.368. The summed E-state index contributed by atoms with van der Waals surface area (Å²) in [5.74, 6) is 1.09. The molecule has 0 bridgehead atoms. The van der Waals surface area contributed by atoms with E-state index in [9.17, 15) is 13.2 Å². The second kappa shape index (κ2) is 10.0. The van der Waals surface area contributed by atoms with Crippen LogP contribution in [0.25, 0.3) is 22.1 Å². The molecule has 3 aromatic heterocycles. The average molecular weight is 518 g/mol. The van der Waals surface area contributed by atoms with Gasteiger partial charge < -0.3 is 9.30 Å². The zero-order chi connectivity index (χ0) is 24.3. The van der Waals surface area contributed by atoms with Crippen LogP contribution in [0.4, 0.5) is 4.79 Å². The van der Waals surface area contributed by atoms with E-state index in [-0.39, 0.29) is 4.21 Å². The predicted octanol–water partition coefficient (Wildman–Crippen LogP) is 4.42. The van der Waals surface area contributed by atoms with E-state index in [4.69, 9.17) is 0 Å². The number of amides is 1. The third kappa shape index (κ3) is 5.34. The number of carbonyl (C=O) groups is 1. The number of hydrogen-bond acceptors (Lipinski definition) is 9. The lowest BCUT2D eigenvalue weighted by Crippen LogP contribution is -2.30. The third-order valence-electron chi connectivity index (χ3n) is 4.79. The normalized spacial score (nSPS) is 11.6. The van der Waals surface area contributed by atoms with Crippen LogP contribution in [0.3, 0.4) is 0 Å². The zero-order valence-electron chi connectivity index (χ0n) is 18.8. The second-order valence-electron chi connectivity index (χ2n) is 7.85. The fourth-order valence-electron chi connectivity index (χ4n) is 3.28. The van der Waals surface area contributed by atoms with Gasteiger partial charge in [-0.15, -0.1) is 22.7 Å². The summed E-state index contributed by atoms with van der Waals surface area (Å²) in [6.07, 6.45) is 4.96. The highest BCUT2D eigenvalue weighted by molar-refractivity contribution is 7.92. The van der Waals surface area contributed by atoms with Gasteiger partial charge >= 0.3 is 6.09 Å². The van der Waals surface area contributed by atoms with Crippen molar-refractivity contribution in [1.82, 2.24) is 24.2 Å². The maximum Gasteiger partial charge on any atom is 0.420 e. The second-order valence-corrected chi connectivity index (χ2v) is 11.7. The van der Waals surface area contributed by atoms with Crippen molar-refractivity contribution in [3.05, 3.63) is 58.8 Å². The maximum absolute atomic E-state index is 12.9. The van der Waals surface area contributed by atoms with E-state index in [1.165, 1.54) is 11.3 Å². The molecule has 178 valence electrons. The van der Waals surface area contributed by atoms with Gasteiger partial charge in [-0.25, -0.2) is 32.9 Å². The highest BCUT2D eigenvalue weighted by Crippen LogP contribution is 2.33. The predicted molar refractivity (Wildman–Crippen MR) is 131 cm³/mol. The van der Waals surface area contributed by atoms with Gasteiger partial charge in [-0.05, 0) is 11.5 Å². The SMILES string of the molecule is COC(=O)NS(=O)(=O)c1sc(CC(C)C)nc1-c1ccc(Cn2ccnc2-c2nccs2)cc1. The van der Waals surface area contributed by atoms with Crippen molar-refractivity contribution in [2.45, 2.75) is 31.0 Å². The first kappa shape index (κ1) is 24.0. The molecule has 0 atom stereocenters. The molecule has 9 nitrogen and oxygen atoms in total. The average Bonchev–Trinajstić information content (AvgIpc) is 3.54. The fraction of sp³-hybridized carbons (Fsp3) is 0.273. The fourth-order valence-corrected chi connectivity index (χ4v) is 6.62. The number of nitrogens with zero attached hydrogens (tertiary/aromatic N) is 4. The van der Waals surface area contributed by atoms with Crippen molar-refractivity contribution in [3.8, 4) is 22.1 Å². The molecular formula is C22H23N5O4S3. The van der Waals surface area contributed by atoms with Gasteiger partial charge in [0.05, 0.1) is 12.1 Å². The van der Waals surface area contributed by atoms with Crippen molar-refractivity contribution in [1.29, 1.82) is 0 Å². The van der Waals surface area contributed by atoms with Gasteiger partial charge in [-0.1, -0.05) is 38.1 Å². The van der Waals surface area contributed by atoms with E-state index in [1.807, 2.05) is 59.0 Å². The molecule has 0 aliphatic heterocycles. The van der Waals surface area contributed by atoms with Crippen molar-refractivity contribution in [2.75, 3.05) is 7.11 Å². The lowest BCUT2D eigenvalue weighted by Gasteiger charge is -2.08. The van der Waals surface area contributed by atoms with E-state index in [1.54, 1.807) is 12.4 Å². The molecule has 0 saturated carbocycles. The van der Waals surface area contributed by atoms with E-state index >= 15 is 0 Å². The minimum absolute atomic E-state index is 0.0121. The molecule has 0 aliphatic rings. The summed E-state index contributed by atoms with van der Waals surface area (Å²) in [4.78, 5) is 24.9. The molecule has 1 N–H and O–H groups in total. The summed E-state index contributed by atoms with van der Waals surface area (Å²) in [6.45, 7) is 4.65. The first-order valence-electron chi connectivity index (χ1n) is 10.4. The number of carbonyl (C=O) groups excluding carboxylic acids is 1. The minimum Gasteiger partial charge on any atom is -0.452 e. The molecule has 0 aliphatic carbocycles. The van der Waals surface area contributed by atoms with Crippen LogP contribution >= 0.6 is 22.7 Å². The Morgan fingerprint density at radius 3 is 2.59 bits per heavy atom. The van der Waals surface area contributed by atoms with Crippen LogP contribution < -0.4 is 4.72 Å². The molecule has 1 aromatic carbocycles. The Bertz CT molecular complexity index is 1370. The standard InChI is InChI=1S/C22H23N5O4S3/c1-14(2)12-17-25-18(21(33-17)34(29,30)26-22(28)31-3)16-6-4-15(5-7-16)13-27-10-8-23-19(27)20-24-9-11-32-20/h4-11,14H,12-13H2,1-3H3,(H,26,28). The van der Waals surface area contributed by atoms with Gasteiger partial charge in [0.1, 0.15) is 5.69 Å². The highest BCUT2D eigenvalue weighted by Gasteiger charge is 2.27. The largest absolute Gasteiger partial charge is 0.452 e. The Balaban J connectivity index is 1.64. The van der Waals surface area contributed by atoms with Crippen molar-refractivity contribution in [3.63, 3.8) is 0 Å². The molecule has 0 fully saturated rings. The number of hydrogen-bond donors (Lipinski definition) is 1. The Labute approximate surface area is 205 Å². The number of aromatic nitrogens is 4. The topological polar surface area (TPSA) is 116 Å². The molecule has 3 heterocycles. The Kier molecular flexibility index (Phi) is 7.10. The molecule has 4 aromatic rings. The van der Waals surface area contributed by atoms with Gasteiger partial charge in [0.15, 0.2) is 15.0 Å². The molecule has 1 amide bonds. The number of nitrogens with one attached hydrogen (secondary N) is 1. The molecule has 0 unspecified atom stereocenters. The van der Waals surface area contributed by atoms with Crippen LogP contribution in [0.15, 0.2) is 52.4 Å². The summed E-state index contributed by atoms with van der Waals surface area (Å²) >= 11 is 2.59. The summed E-state index contributed by atoms with van der Waals surface area (Å²) in [6, 6.07) is 7.51. The number of imidazole rings is 1. The molecule has 0 saturated heterocycles. The molecule has 0 spiro atoms. The number of ether oxygens (including phenoxy) is 1. The van der Waals surface area contributed by atoms with Gasteiger partial charge in [-0.3, -0.25) is 0 Å². The maximum atomic E-state index is 12.9. The Morgan fingerprint density at radius 1 is 1.18 bits per heavy atom. The summed E-state index contributed by atoms with van der Waals surface area (Å²) in [5.41, 5.74) is 1.97. The first-order chi connectivity index (χ1) is 16.3. The number of rotatable bonds is 8. The zero-order valence-corrected chi connectivity index (χ0v) is 21.2. The number of sulfonamides is 1. The summed E-state index contributed by atoms with van der Waals surface area (Å²) in [5, 5.41) is 3.44. The molecule has 34 heavy (non-hydrogen) atoms. The Morgan fingerprint density at radius 2 is 1.94 bits per heavy atom. The van der Waals surface area contributed by atoms with Crippen LogP contribution in [0, 0.1) is 5.92 Å². The van der Waals surface area contributed by atoms with E-state index in [0.717, 1.165) is 34.8 Å². The first-order valence-corrected chi connectivity index (χ1v) is 13.6. The summed E-state index contributed by atoms with van der Waals surface area (Å²) in [7, 11) is -3.02. The lowest BCUT2D eigenvalue weighted by atomic mass is 10.1. The van der Waals surface area contributed by atoms with Gasteiger partial charge in [-0.2, -0.15) is 0 Å². The molecule has 4 rings (SSSR count). The molecule has 12 heteroatoms. The number of thiazole rings is 2. The molecular weight excluding hydrogens is 494 g/mol. The van der Waals surface area contributed by atoms with Crippen LogP contribution in [0.1, 0.15) is 24.4 Å². The van der Waals surface area contributed by atoms with Gasteiger partial charge in [0.25, 0.3) is 10.0 Å². The van der Waals surface area contributed by atoms with E-state index in [2.05, 4.69) is 19.7 Å². The Hall–Kier alpha value is -3.09. The number of benzene rings is 1. The van der Waals surface area contributed by atoms with Gasteiger partial charge in [0.2, 0.25) is 0 Å². The van der Waals surface area contributed by atoms with Crippen LogP contribution in [-0.2, 0) is 27.7 Å². The minimum atomic E-state index is -4.13. The monoisotopic (exact) mass is 517 g/mol. The highest BCUT2D eigenvalue weighted by atomic mass is 32.2. The smallest absolute Gasteiger partial charge is 0.420 e. The number of methoxy groups -OCH3 is 1. The van der Waals surface area contributed by atoms with Crippen molar-refractivity contribution in [2.24, 2.45) is 5.92 Å².